The molecule has 2 fully saturated rings. The molecule has 0 spiro atoms. The van der Waals surface area contributed by atoms with Crippen molar-refractivity contribution >= 4 is 17.5 Å². The van der Waals surface area contributed by atoms with E-state index in [1.807, 2.05) is 15.9 Å². The maximum absolute atomic E-state index is 12.8. The number of benzene rings is 1. The molecule has 2 saturated heterocycles. The molecule has 1 unspecified atom stereocenters. The molecule has 4 rings (SSSR count). The highest BCUT2D eigenvalue weighted by Crippen LogP contribution is 2.31. The molecule has 5 nitrogen and oxygen atoms in total. The predicted octanol–water partition coefficient (Wildman–Crippen LogP) is 1.30. The predicted molar refractivity (Wildman–Crippen MR) is 93.0 cm³/mol. The first-order valence-corrected chi connectivity index (χ1v) is 9.04. The highest BCUT2D eigenvalue weighted by Gasteiger charge is 2.40. The number of hydrogen-bond donors (Lipinski definition) is 0. The highest BCUT2D eigenvalue weighted by molar-refractivity contribution is 6.09. The molecule has 128 valence electrons. The third-order valence-electron chi connectivity index (χ3n) is 5.71. The summed E-state index contributed by atoms with van der Waals surface area (Å²) in [4.78, 5) is 31.5. The van der Waals surface area contributed by atoms with Crippen LogP contribution in [0.25, 0.3) is 0 Å². The van der Waals surface area contributed by atoms with Gasteiger partial charge in [-0.05, 0) is 56.0 Å². The van der Waals surface area contributed by atoms with Gasteiger partial charge in [-0.2, -0.15) is 0 Å². The van der Waals surface area contributed by atoms with E-state index in [0.29, 0.717) is 13.0 Å². The van der Waals surface area contributed by atoms with Gasteiger partial charge in [0, 0.05) is 38.4 Å². The zero-order valence-electron chi connectivity index (χ0n) is 14.3. The average molecular weight is 327 g/mol. The Morgan fingerprint density at radius 3 is 2.58 bits per heavy atom. The van der Waals surface area contributed by atoms with Crippen molar-refractivity contribution in [1.82, 2.24) is 9.80 Å². The number of piperazine rings is 1. The van der Waals surface area contributed by atoms with Gasteiger partial charge in [0.1, 0.15) is 5.92 Å². The summed E-state index contributed by atoms with van der Waals surface area (Å²) >= 11 is 0. The monoisotopic (exact) mass is 327 g/mol. The van der Waals surface area contributed by atoms with Crippen molar-refractivity contribution in [2.75, 3.05) is 44.7 Å². The van der Waals surface area contributed by atoms with Gasteiger partial charge in [-0.1, -0.05) is 6.07 Å². The third kappa shape index (κ3) is 2.71. The Bertz CT molecular complexity index is 665. The molecular formula is C19H25N3O2. The lowest BCUT2D eigenvalue weighted by Gasteiger charge is -2.33. The average Bonchev–Trinajstić information content (AvgIpc) is 3.20. The maximum atomic E-state index is 12.8. The Morgan fingerprint density at radius 1 is 1.04 bits per heavy atom. The first-order chi connectivity index (χ1) is 11.6. The van der Waals surface area contributed by atoms with E-state index >= 15 is 0 Å². The Labute approximate surface area is 143 Å². The Kier molecular flexibility index (Phi) is 4.04. The molecule has 3 aliphatic rings. The van der Waals surface area contributed by atoms with Crippen LogP contribution >= 0.6 is 0 Å². The number of rotatable bonds is 2. The van der Waals surface area contributed by atoms with Gasteiger partial charge in [0.25, 0.3) is 0 Å². The number of carbonyl (C=O) groups excluding carboxylic acids is 2. The van der Waals surface area contributed by atoms with Gasteiger partial charge in [-0.3, -0.25) is 9.59 Å². The van der Waals surface area contributed by atoms with Crippen LogP contribution in [-0.4, -0.2) is 61.4 Å². The number of carbonyl (C=O) groups is 2. The van der Waals surface area contributed by atoms with Crippen LogP contribution in [0.15, 0.2) is 18.2 Å². The lowest BCUT2D eigenvalue weighted by molar-refractivity contribution is -0.141. The number of amides is 2. The van der Waals surface area contributed by atoms with E-state index < -0.39 is 5.92 Å². The Balaban J connectivity index is 1.47. The number of hydrogen-bond acceptors (Lipinski definition) is 3. The number of aryl methyl sites for hydroxylation is 2. The van der Waals surface area contributed by atoms with E-state index in [2.05, 4.69) is 24.1 Å². The smallest absolute Gasteiger partial charge is 0.239 e. The van der Waals surface area contributed by atoms with Crippen LogP contribution < -0.4 is 4.90 Å². The topological polar surface area (TPSA) is 43.9 Å². The fourth-order valence-electron chi connectivity index (χ4n) is 4.14. The second-order valence-electron chi connectivity index (χ2n) is 7.27. The summed E-state index contributed by atoms with van der Waals surface area (Å²) in [6.07, 6.45) is 4.10. The highest BCUT2D eigenvalue weighted by atomic mass is 16.2. The van der Waals surface area contributed by atoms with Crippen LogP contribution in [-0.2, 0) is 22.4 Å². The number of fused-ring (bicyclic) bond motifs is 1. The van der Waals surface area contributed by atoms with Gasteiger partial charge in [0.2, 0.25) is 11.8 Å². The van der Waals surface area contributed by atoms with Crippen molar-refractivity contribution in [2.24, 2.45) is 5.92 Å². The van der Waals surface area contributed by atoms with Crippen molar-refractivity contribution in [3.63, 3.8) is 0 Å². The molecule has 0 bridgehead atoms. The van der Waals surface area contributed by atoms with E-state index in [-0.39, 0.29) is 11.8 Å². The molecule has 1 aromatic carbocycles. The Morgan fingerprint density at radius 2 is 1.79 bits per heavy atom. The number of nitrogens with zero attached hydrogens (tertiary/aromatic N) is 3. The lowest BCUT2D eigenvalue weighted by atomic mass is 10.1. The van der Waals surface area contributed by atoms with E-state index in [4.69, 9.17) is 0 Å². The Hall–Kier alpha value is -1.88. The van der Waals surface area contributed by atoms with Crippen molar-refractivity contribution in [2.45, 2.75) is 25.7 Å². The quantitative estimate of drug-likeness (QED) is 0.769. The van der Waals surface area contributed by atoms with E-state index in [0.717, 1.165) is 44.7 Å². The van der Waals surface area contributed by atoms with Gasteiger partial charge in [-0.15, -0.1) is 0 Å². The SMILES string of the molecule is CN1CCN(C(=O)C2CCN(c3ccc4c(c3)CCC4)C2=O)CC1. The summed E-state index contributed by atoms with van der Waals surface area (Å²) in [5.41, 5.74) is 3.75. The summed E-state index contributed by atoms with van der Waals surface area (Å²) in [6.45, 7) is 3.90. The van der Waals surface area contributed by atoms with Crippen LogP contribution in [0.1, 0.15) is 24.0 Å². The minimum atomic E-state index is -0.485. The standard InChI is InChI=1S/C19H25N3O2/c1-20-9-11-21(12-10-20)18(23)17-7-8-22(19(17)24)16-6-5-14-3-2-4-15(14)13-16/h5-6,13,17H,2-4,7-12H2,1H3. The fourth-order valence-corrected chi connectivity index (χ4v) is 4.14. The van der Waals surface area contributed by atoms with Crippen LogP contribution in [0.4, 0.5) is 5.69 Å². The number of anilines is 1. The van der Waals surface area contributed by atoms with Crippen molar-refractivity contribution < 1.29 is 9.59 Å². The molecule has 0 saturated carbocycles. The summed E-state index contributed by atoms with van der Waals surface area (Å²) in [5, 5.41) is 0. The zero-order chi connectivity index (χ0) is 16.7. The van der Waals surface area contributed by atoms with Gasteiger partial charge in [-0.25, -0.2) is 0 Å². The van der Waals surface area contributed by atoms with Gasteiger partial charge in [0.15, 0.2) is 0 Å². The molecule has 24 heavy (non-hydrogen) atoms. The van der Waals surface area contributed by atoms with Gasteiger partial charge < -0.3 is 14.7 Å². The summed E-state index contributed by atoms with van der Waals surface area (Å²) in [7, 11) is 2.07. The molecule has 2 aliphatic heterocycles. The molecule has 1 atom stereocenters. The van der Waals surface area contributed by atoms with Gasteiger partial charge in [0.05, 0.1) is 0 Å². The molecule has 5 heteroatoms. The van der Waals surface area contributed by atoms with E-state index in [1.165, 1.54) is 17.5 Å². The van der Waals surface area contributed by atoms with E-state index in [1.54, 1.807) is 0 Å². The van der Waals surface area contributed by atoms with Crippen molar-refractivity contribution in [3.05, 3.63) is 29.3 Å². The van der Waals surface area contributed by atoms with Crippen molar-refractivity contribution in [1.29, 1.82) is 0 Å². The normalized spacial score (nSPS) is 24.5. The second kappa shape index (κ2) is 6.20. The molecular weight excluding hydrogens is 302 g/mol. The summed E-state index contributed by atoms with van der Waals surface area (Å²) < 4.78 is 0. The maximum Gasteiger partial charge on any atom is 0.239 e. The second-order valence-corrected chi connectivity index (χ2v) is 7.27. The van der Waals surface area contributed by atoms with Gasteiger partial charge >= 0.3 is 0 Å². The molecule has 0 aromatic heterocycles. The third-order valence-corrected chi connectivity index (χ3v) is 5.71. The van der Waals surface area contributed by atoms with Crippen LogP contribution in [0.2, 0.25) is 0 Å². The molecule has 0 N–H and O–H groups in total. The lowest BCUT2D eigenvalue weighted by Crippen LogP contribution is -2.50. The molecule has 2 heterocycles. The zero-order valence-corrected chi connectivity index (χ0v) is 14.3. The fraction of sp³-hybridized carbons (Fsp3) is 0.579. The summed E-state index contributed by atoms with van der Waals surface area (Å²) in [6, 6.07) is 6.36. The molecule has 2 amide bonds. The minimum Gasteiger partial charge on any atom is -0.339 e. The van der Waals surface area contributed by atoms with Crippen molar-refractivity contribution in [3.8, 4) is 0 Å². The van der Waals surface area contributed by atoms with Crippen LogP contribution in [0.3, 0.4) is 0 Å². The largest absolute Gasteiger partial charge is 0.339 e. The van der Waals surface area contributed by atoms with E-state index in [9.17, 15) is 9.59 Å². The summed E-state index contributed by atoms with van der Waals surface area (Å²) in [5.74, 6) is -0.477. The minimum absolute atomic E-state index is 0.0168. The van der Waals surface area contributed by atoms with Crippen LogP contribution in [0.5, 0.6) is 0 Å². The van der Waals surface area contributed by atoms with Crippen LogP contribution in [0, 0.1) is 5.92 Å². The molecule has 0 radical (unpaired) electrons. The molecule has 1 aliphatic carbocycles. The number of likely N-dealkylation sites (N-methyl/N-ethyl adjacent to an activating group) is 1. The first-order valence-electron chi connectivity index (χ1n) is 9.04. The first kappa shape index (κ1) is 15.6. The molecule has 1 aromatic rings.